The Labute approximate surface area is 192 Å². The van der Waals surface area contributed by atoms with E-state index in [0.29, 0.717) is 5.02 Å². The molecule has 0 unspecified atom stereocenters. The van der Waals surface area contributed by atoms with Gasteiger partial charge >= 0.3 is 0 Å². The van der Waals surface area contributed by atoms with Gasteiger partial charge in [0.25, 0.3) is 0 Å². The Morgan fingerprint density at radius 3 is 1.91 bits per heavy atom. The van der Waals surface area contributed by atoms with Gasteiger partial charge in [-0.25, -0.2) is 0 Å². The lowest BCUT2D eigenvalue weighted by Gasteiger charge is -2.12. The second kappa shape index (κ2) is 7.61. The Balaban J connectivity index is 1.82. The molecule has 0 saturated carbocycles. The number of nitrogens with zero attached hydrogens (tertiary/aromatic N) is 1. The summed E-state index contributed by atoms with van der Waals surface area (Å²) in [5.74, 6) is 0. The molecular formula is C30H18ClN. The van der Waals surface area contributed by atoms with E-state index in [1.807, 2.05) is 18.2 Å². The monoisotopic (exact) mass is 427 g/mol. The zero-order chi connectivity index (χ0) is 21.5. The van der Waals surface area contributed by atoms with E-state index < -0.39 is 0 Å². The Kier molecular flexibility index (Phi) is 4.46. The minimum atomic E-state index is 0.566. The van der Waals surface area contributed by atoms with E-state index >= 15 is 0 Å². The van der Waals surface area contributed by atoms with Crippen molar-refractivity contribution in [2.45, 2.75) is 0 Å². The highest BCUT2D eigenvalue weighted by molar-refractivity contribution is 6.31. The van der Waals surface area contributed by atoms with Crippen LogP contribution >= 0.6 is 11.6 Å². The SMILES string of the molecule is Clc1c#cc2c(c1)c1c(-c3ccccc3)cc(-c3ccccc3)cc1n2-c1ccccc1. The molecule has 0 N–H and O–H groups in total. The molecule has 2 heteroatoms. The number of aromatic nitrogens is 1. The van der Waals surface area contributed by atoms with Gasteiger partial charge in [0.1, 0.15) is 5.52 Å². The molecule has 0 bridgehead atoms. The van der Waals surface area contributed by atoms with Crippen LogP contribution in [0.25, 0.3) is 49.7 Å². The van der Waals surface area contributed by atoms with Gasteiger partial charge in [-0.1, -0.05) is 90.5 Å². The van der Waals surface area contributed by atoms with Crippen molar-refractivity contribution < 1.29 is 0 Å². The van der Waals surface area contributed by atoms with Gasteiger partial charge in [-0.15, -0.1) is 0 Å². The number of hydrogen-bond donors (Lipinski definition) is 0. The van der Waals surface area contributed by atoms with Gasteiger partial charge in [-0.05, 0) is 64.7 Å². The molecule has 0 aliphatic carbocycles. The fraction of sp³-hybridized carbons (Fsp3) is 0. The fourth-order valence-electron chi connectivity index (χ4n) is 4.48. The summed E-state index contributed by atoms with van der Waals surface area (Å²) in [5, 5.41) is 2.81. The maximum Gasteiger partial charge on any atom is 0.105 e. The van der Waals surface area contributed by atoms with E-state index in [1.165, 1.54) is 27.6 Å². The third-order valence-electron chi connectivity index (χ3n) is 5.88. The fourth-order valence-corrected chi connectivity index (χ4v) is 4.64. The van der Waals surface area contributed by atoms with E-state index in [9.17, 15) is 0 Å². The maximum atomic E-state index is 6.40. The molecule has 5 aromatic carbocycles. The first kappa shape index (κ1) is 18.8. The topological polar surface area (TPSA) is 4.93 Å². The molecular weight excluding hydrogens is 410 g/mol. The summed E-state index contributed by atoms with van der Waals surface area (Å²) in [6.45, 7) is 0. The summed E-state index contributed by atoms with van der Waals surface area (Å²) < 4.78 is 2.26. The van der Waals surface area contributed by atoms with E-state index in [-0.39, 0.29) is 0 Å². The highest BCUT2D eigenvalue weighted by atomic mass is 35.5. The number of para-hydroxylation sites is 1. The van der Waals surface area contributed by atoms with Crippen molar-refractivity contribution in [3.8, 4) is 27.9 Å². The van der Waals surface area contributed by atoms with Crippen molar-refractivity contribution in [2.75, 3.05) is 0 Å². The average Bonchev–Trinajstić information content (AvgIpc) is 3.18. The lowest BCUT2D eigenvalue weighted by Crippen LogP contribution is -1.93. The Bertz CT molecular complexity index is 1550. The highest BCUT2D eigenvalue weighted by Crippen LogP contribution is 2.41. The van der Waals surface area contributed by atoms with E-state index in [4.69, 9.17) is 11.6 Å². The molecule has 0 fully saturated rings. The maximum absolute atomic E-state index is 6.40. The number of rotatable bonds is 3. The predicted molar refractivity (Wildman–Crippen MR) is 134 cm³/mol. The Morgan fingerprint density at radius 1 is 0.594 bits per heavy atom. The largest absolute Gasteiger partial charge is 0.302 e. The van der Waals surface area contributed by atoms with Gasteiger partial charge in [-0.3, -0.25) is 0 Å². The van der Waals surface area contributed by atoms with E-state index in [2.05, 4.69) is 108 Å². The zero-order valence-corrected chi connectivity index (χ0v) is 18.0. The van der Waals surface area contributed by atoms with Crippen LogP contribution in [-0.2, 0) is 0 Å². The Morgan fingerprint density at radius 2 is 1.22 bits per heavy atom. The molecule has 0 amide bonds. The first-order chi connectivity index (χ1) is 15.8. The van der Waals surface area contributed by atoms with Crippen LogP contribution in [0.1, 0.15) is 0 Å². The second-order valence-corrected chi connectivity index (χ2v) is 8.23. The highest BCUT2D eigenvalue weighted by Gasteiger charge is 2.18. The van der Waals surface area contributed by atoms with Gasteiger partial charge in [0.15, 0.2) is 0 Å². The summed E-state index contributed by atoms with van der Waals surface area (Å²) in [4.78, 5) is 0. The van der Waals surface area contributed by atoms with Crippen molar-refractivity contribution in [1.29, 1.82) is 0 Å². The molecule has 0 aliphatic rings. The van der Waals surface area contributed by atoms with Crippen LogP contribution < -0.4 is 0 Å². The van der Waals surface area contributed by atoms with Crippen molar-refractivity contribution >= 4 is 33.4 Å². The summed E-state index contributed by atoms with van der Waals surface area (Å²) in [6, 6.07) is 44.4. The molecule has 1 aromatic heterocycles. The first-order valence-corrected chi connectivity index (χ1v) is 11.0. The van der Waals surface area contributed by atoms with Crippen LogP contribution in [0, 0.1) is 12.1 Å². The molecule has 0 aliphatic heterocycles. The second-order valence-electron chi connectivity index (χ2n) is 7.83. The van der Waals surface area contributed by atoms with Crippen LogP contribution in [0.3, 0.4) is 0 Å². The standard InChI is InChI=1S/C30H18ClN/c31-24-16-17-28-27(20-24)30-26(22-12-6-2-7-13-22)18-23(21-10-4-1-5-11-21)19-29(30)32(28)25-14-8-3-9-15-25/h1-15,18-20H. The molecule has 6 rings (SSSR count). The molecule has 150 valence electrons. The summed E-state index contributed by atoms with van der Waals surface area (Å²) >= 11 is 6.40. The predicted octanol–water partition coefficient (Wildman–Crippen LogP) is 8.37. The number of halogens is 1. The minimum absolute atomic E-state index is 0.566. The molecule has 0 saturated heterocycles. The number of hydrogen-bond acceptors (Lipinski definition) is 0. The summed E-state index contributed by atoms with van der Waals surface area (Å²) in [7, 11) is 0. The van der Waals surface area contributed by atoms with Crippen LogP contribution in [-0.4, -0.2) is 4.57 Å². The Hall–Kier alpha value is -3.99. The van der Waals surface area contributed by atoms with Gasteiger partial charge in [0.05, 0.1) is 10.5 Å². The number of benzene rings is 4. The smallest absolute Gasteiger partial charge is 0.105 e. The summed E-state index contributed by atoms with van der Waals surface area (Å²) in [6.07, 6.45) is 0. The van der Waals surface area contributed by atoms with Gasteiger partial charge in [-0.2, -0.15) is 0 Å². The lowest BCUT2D eigenvalue weighted by atomic mass is 9.94. The van der Waals surface area contributed by atoms with Crippen LogP contribution in [0.4, 0.5) is 0 Å². The molecule has 0 spiro atoms. The van der Waals surface area contributed by atoms with Crippen molar-refractivity contribution in [3.63, 3.8) is 0 Å². The first-order valence-electron chi connectivity index (χ1n) is 10.6. The third kappa shape index (κ3) is 3.05. The normalized spacial score (nSPS) is 11.0. The van der Waals surface area contributed by atoms with Gasteiger partial charge in [0, 0.05) is 16.5 Å². The molecule has 0 radical (unpaired) electrons. The lowest BCUT2D eigenvalue weighted by molar-refractivity contribution is 1.18. The number of fused-ring (bicyclic) bond motifs is 3. The van der Waals surface area contributed by atoms with Crippen molar-refractivity contribution in [2.24, 2.45) is 0 Å². The van der Waals surface area contributed by atoms with Gasteiger partial charge in [0.2, 0.25) is 0 Å². The minimum Gasteiger partial charge on any atom is -0.302 e. The zero-order valence-electron chi connectivity index (χ0n) is 17.2. The average molecular weight is 428 g/mol. The molecule has 1 nitrogen and oxygen atoms in total. The molecule has 6 aromatic rings. The molecule has 32 heavy (non-hydrogen) atoms. The third-order valence-corrected chi connectivity index (χ3v) is 6.09. The van der Waals surface area contributed by atoms with Crippen molar-refractivity contribution in [1.82, 2.24) is 4.57 Å². The van der Waals surface area contributed by atoms with E-state index in [1.54, 1.807) is 0 Å². The quantitative estimate of drug-likeness (QED) is 0.267. The van der Waals surface area contributed by atoms with Crippen LogP contribution in [0.15, 0.2) is 109 Å². The van der Waals surface area contributed by atoms with Crippen LogP contribution in [0.5, 0.6) is 0 Å². The summed E-state index contributed by atoms with van der Waals surface area (Å²) in [5.41, 5.74) is 7.89. The molecule has 1 heterocycles. The van der Waals surface area contributed by atoms with E-state index in [0.717, 1.165) is 22.1 Å². The van der Waals surface area contributed by atoms with Crippen LogP contribution in [0.2, 0.25) is 5.02 Å². The van der Waals surface area contributed by atoms with Gasteiger partial charge < -0.3 is 4.57 Å². The van der Waals surface area contributed by atoms with Crippen molar-refractivity contribution in [3.05, 3.63) is 126 Å². The molecule has 0 atom stereocenters.